The number of carboxylic acids is 1. The molecule has 0 aliphatic carbocycles. The number of halogens is 1. The average molecular weight is 261 g/mol. The molecule has 1 aromatic heterocycles. The summed E-state index contributed by atoms with van der Waals surface area (Å²) < 4.78 is -1.08. The molecule has 0 aliphatic heterocycles. The first-order valence-corrected chi connectivity index (χ1v) is 6.28. The molecule has 0 bridgehead atoms. The normalized spacial score (nSPS) is 14.4. The predicted molar refractivity (Wildman–Crippen MR) is 66.8 cm³/mol. The van der Waals surface area contributed by atoms with E-state index in [0.29, 0.717) is 17.0 Å². The van der Waals surface area contributed by atoms with Gasteiger partial charge in [0.2, 0.25) is 0 Å². The Bertz CT molecular complexity index is 408. The van der Waals surface area contributed by atoms with E-state index in [1.807, 2.05) is 0 Å². The number of hydrogen-bond donors (Lipinski definition) is 2. The molecule has 16 heavy (non-hydrogen) atoms. The van der Waals surface area contributed by atoms with Crippen LogP contribution in [0.25, 0.3) is 0 Å². The summed E-state index contributed by atoms with van der Waals surface area (Å²) in [5.74, 6) is -0.721. The van der Waals surface area contributed by atoms with Gasteiger partial charge in [0.1, 0.15) is 10.6 Å². The zero-order valence-corrected chi connectivity index (χ0v) is 10.6. The SMILES string of the molecule is CCC(SC)(C(=O)O)c1cc(Cl)cnc1N. The van der Waals surface area contributed by atoms with Gasteiger partial charge in [-0.05, 0) is 18.7 Å². The Labute approximate surface area is 103 Å². The maximum atomic E-state index is 11.4. The molecule has 6 heteroatoms. The molecule has 0 fully saturated rings. The molecule has 0 spiro atoms. The zero-order chi connectivity index (χ0) is 12.3. The van der Waals surface area contributed by atoms with Crippen molar-refractivity contribution < 1.29 is 9.90 Å². The average Bonchev–Trinajstić information content (AvgIpc) is 2.25. The van der Waals surface area contributed by atoms with Crippen molar-refractivity contribution in [1.82, 2.24) is 4.98 Å². The predicted octanol–water partition coefficient (Wildman–Crippen LogP) is 2.37. The standard InChI is InChI=1S/C10H13ClN2O2S/c1-3-10(16-2,9(14)15)7-4-6(11)5-13-8(7)12/h4-5H,3H2,1-2H3,(H2,12,13)(H,14,15). The van der Waals surface area contributed by atoms with E-state index in [9.17, 15) is 9.90 Å². The highest BCUT2D eigenvalue weighted by molar-refractivity contribution is 8.00. The van der Waals surface area contributed by atoms with Crippen molar-refractivity contribution in [2.45, 2.75) is 18.1 Å². The summed E-state index contributed by atoms with van der Waals surface area (Å²) in [5.41, 5.74) is 6.18. The van der Waals surface area contributed by atoms with E-state index in [1.165, 1.54) is 18.0 Å². The third-order valence-corrected chi connectivity index (χ3v) is 4.10. The second-order valence-corrected chi connectivity index (χ2v) is 4.82. The molecule has 0 aliphatic rings. The van der Waals surface area contributed by atoms with Crippen LogP contribution in [0.4, 0.5) is 5.82 Å². The molecule has 88 valence electrons. The molecule has 0 saturated carbocycles. The minimum absolute atomic E-state index is 0.211. The summed E-state index contributed by atoms with van der Waals surface area (Å²) in [6.07, 6.45) is 3.55. The summed E-state index contributed by atoms with van der Waals surface area (Å²) in [5, 5.41) is 9.73. The van der Waals surface area contributed by atoms with Crippen LogP contribution in [0.2, 0.25) is 5.02 Å². The van der Waals surface area contributed by atoms with Crippen LogP contribution in [0.5, 0.6) is 0 Å². The molecular formula is C10H13ClN2O2S. The maximum Gasteiger partial charge on any atom is 0.324 e. The fraction of sp³-hybridized carbons (Fsp3) is 0.400. The number of aliphatic carboxylic acids is 1. The second kappa shape index (κ2) is 4.93. The highest BCUT2D eigenvalue weighted by Crippen LogP contribution is 2.41. The van der Waals surface area contributed by atoms with Gasteiger partial charge in [-0.2, -0.15) is 0 Å². The molecule has 3 N–H and O–H groups in total. The summed E-state index contributed by atoms with van der Waals surface area (Å²) in [7, 11) is 0. The van der Waals surface area contributed by atoms with E-state index in [2.05, 4.69) is 4.98 Å². The van der Waals surface area contributed by atoms with E-state index in [4.69, 9.17) is 17.3 Å². The summed E-state index contributed by atoms with van der Waals surface area (Å²) >= 11 is 7.04. The smallest absolute Gasteiger partial charge is 0.324 e. The quantitative estimate of drug-likeness (QED) is 0.869. The molecular weight excluding hydrogens is 248 g/mol. The lowest BCUT2D eigenvalue weighted by Gasteiger charge is -2.27. The lowest BCUT2D eigenvalue weighted by atomic mass is 9.96. The Hall–Kier alpha value is -0.940. The number of pyridine rings is 1. The van der Waals surface area contributed by atoms with Crippen molar-refractivity contribution >= 4 is 35.1 Å². The number of nitrogens with zero attached hydrogens (tertiary/aromatic N) is 1. The maximum absolute atomic E-state index is 11.4. The van der Waals surface area contributed by atoms with Gasteiger partial charge < -0.3 is 10.8 Å². The Kier molecular flexibility index (Phi) is 4.04. The van der Waals surface area contributed by atoms with Gasteiger partial charge in [-0.1, -0.05) is 18.5 Å². The van der Waals surface area contributed by atoms with Crippen molar-refractivity contribution in [3.05, 3.63) is 22.8 Å². The highest BCUT2D eigenvalue weighted by Gasteiger charge is 2.40. The molecule has 1 rings (SSSR count). The Morgan fingerprint density at radius 2 is 2.38 bits per heavy atom. The van der Waals surface area contributed by atoms with E-state index in [0.717, 1.165) is 0 Å². The second-order valence-electron chi connectivity index (χ2n) is 3.28. The van der Waals surface area contributed by atoms with Crippen LogP contribution < -0.4 is 5.73 Å². The number of rotatable bonds is 4. The summed E-state index contributed by atoms with van der Waals surface area (Å²) in [6.45, 7) is 1.80. The minimum Gasteiger partial charge on any atom is -0.480 e. The number of nitrogen functional groups attached to an aromatic ring is 1. The van der Waals surface area contributed by atoms with Crippen molar-refractivity contribution in [3.63, 3.8) is 0 Å². The molecule has 0 amide bonds. The molecule has 1 heterocycles. The third kappa shape index (κ3) is 2.10. The monoisotopic (exact) mass is 260 g/mol. The molecule has 1 aromatic rings. The van der Waals surface area contributed by atoms with Gasteiger partial charge in [0.25, 0.3) is 0 Å². The van der Waals surface area contributed by atoms with Crippen molar-refractivity contribution in [3.8, 4) is 0 Å². The summed E-state index contributed by atoms with van der Waals surface area (Å²) in [6, 6.07) is 1.57. The first-order chi connectivity index (χ1) is 7.47. The van der Waals surface area contributed by atoms with E-state index in [1.54, 1.807) is 19.2 Å². The lowest BCUT2D eigenvalue weighted by Crippen LogP contribution is -2.32. The number of carbonyl (C=O) groups is 1. The van der Waals surface area contributed by atoms with Gasteiger partial charge >= 0.3 is 5.97 Å². The number of hydrogen-bond acceptors (Lipinski definition) is 4. The molecule has 1 atom stereocenters. The van der Waals surface area contributed by atoms with Gasteiger partial charge in [-0.25, -0.2) is 4.98 Å². The highest BCUT2D eigenvalue weighted by atomic mass is 35.5. The van der Waals surface area contributed by atoms with Gasteiger partial charge in [0, 0.05) is 11.8 Å². The van der Waals surface area contributed by atoms with Crippen molar-refractivity contribution in [1.29, 1.82) is 0 Å². The number of thioether (sulfide) groups is 1. The van der Waals surface area contributed by atoms with Crippen molar-refractivity contribution in [2.24, 2.45) is 0 Å². The Balaban J connectivity index is 3.42. The van der Waals surface area contributed by atoms with Crippen LogP contribution in [0.15, 0.2) is 12.3 Å². The Morgan fingerprint density at radius 1 is 1.75 bits per heavy atom. The largest absolute Gasteiger partial charge is 0.480 e. The molecule has 0 radical (unpaired) electrons. The summed E-state index contributed by atoms with van der Waals surface area (Å²) in [4.78, 5) is 15.3. The van der Waals surface area contributed by atoms with E-state index in [-0.39, 0.29) is 5.82 Å². The fourth-order valence-corrected chi connectivity index (χ4v) is 2.58. The van der Waals surface area contributed by atoms with Gasteiger partial charge in [0.05, 0.1) is 5.02 Å². The van der Waals surface area contributed by atoms with E-state index < -0.39 is 10.7 Å². The van der Waals surface area contributed by atoms with Gasteiger partial charge in [-0.15, -0.1) is 11.8 Å². The minimum atomic E-state index is -1.08. The lowest BCUT2D eigenvalue weighted by molar-refractivity contribution is -0.140. The van der Waals surface area contributed by atoms with Gasteiger partial charge in [-0.3, -0.25) is 4.79 Å². The fourth-order valence-electron chi connectivity index (χ4n) is 1.57. The molecule has 4 nitrogen and oxygen atoms in total. The Morgan fingerprint density at radius 3 is 2.81 bits per heavy atom. The zero-order valence-electron chi connectivity index (χ0n) is 9.03. The third-order valence-electron chi connectivity index (χ3n) is 2.51. The number of anilines is 1. The van der Waals surface area contributed by atoms with Crippen LogP contribution in [0, 0.1) is 0 Å². The van der Waals surface area contributed by atoms with E-state index >= 15 is 0 Å². The number of aromatic nitrogens is 1. The number of carboxylic acid groups (broad SMARTS) is 1. The first-order valence-electron chi connectivity index (χ1n) is 4.68. The first kappa shape index (κ1) is 13.1. The van der Waals surface area contributed by atoms with Crippen LogP contribution in [-0.4, -0.2) is 22.3 Å². The van der Waals surface area contributed by atoms with Crippen LogP contribution >= 0.6 is 23.4 Å². The van der Waals surface area contributed by atoms with Crippen LogP contribution in [0.3, 0.4) is 0 Å². The van der Waals surface area contributed by atoms with Crippen LogP contribution in [-0.2, 0) is 9.54 Å². The molecule has 1 unspecified atom stereocenters. The topological polar surface area (TPSA) is 76.2 Å². The number of nitrogens with two attached hydrogens (primary N) is 1. The molecule has 0 saturated heterocycles. The molecule has 0 aromatic carbocycles. The van der Waals surface area contributed by atoms with Crippen molar-refractivity contribution in [2.75, 3.05) is 12.0 Å². The van der Waals surface area contributed by atoms with Crippen LogP contribution in [0.1, 0.15) is 18.9 Å². The van der Waals surface area contributed by atoms with Gasteiger partial charge in [0.15, 0.2) is 0 Å².